The summed E-state index contributed by atoms with van der Waals surface area (Å²) >= 11 is 2.28. The predicted octanol–water partition coefficient (Wildman–Crippen LogP) is 3.73. The van der Waals surface area contributed by atoms with Gasteiger partial charge in [-0.05, 0) is 76.7 Å². The number of fused-ring (bicyclic) bond motifs is 4. The van der Waals surface area contributed by atoms with E-state index in [4.69, 9.17) is 4.74 Å². The molecular formula is C25H23IN8O2. The van der Waals surface area contributed by atoms with Gasteiger partial charge in [-0.2, -0.15) is 10.2 Å². The molecule has 0 amide bonds. The van der Waals surface area contributed by atoms with Crippen LogP contribution >= 0.6 is 22.6 Å². The number of hydrogen-bond acceptors (Lipinski definition) is 8. The highest BCUT2D eigenvalue weighted by molar-refractivity contribution is 14.1. The van der Waals surface area contributed by atoms with E-state index in [0.717, 1.165) is 58.0 Å². The number of nitrogens with one attached hydrogen (secondary N) is 1. The Morgan fingerprint density at radius 1 is 1.00 bits per heavy atom. The van der Waals surface area contributed by atoms with E-state index in [-0.39, 0.29) is 6.10 Å². The SMILES string of the molecule is O[C@H]1[C@@H]2C[C@H]1CN(Cc1ccn3ncnc(Nc4ccc(Oc5ccn6ncnc6c5)c(I)c4)c13)C2. The van der Waals surface area contributed by atoms with Gasteiger partial charge < -0.3 is 15.2 Å². The van der Waals surface area contributed by atoms with Gasteiger partial charge in [-0.15, -0.1) is 0 Å². The van der Waals surface area contributed by atoms with Gasteiger partial charge in [0.2, 0.25) is 0 Å². The number of hydrogen-bond donors (Lipinski definition) is 2. The first kappa shape index (κ1) is 21.9. The summed E-state index contributed by atoms with van der Waals surface area (Å²) in [4.78, 5) is 11.2. The molecule has 182 valence electrons. The summed E-state index contributed by atoms with van der Waals surface area (Å²) in [7, 11) is 0. The number of rotatable bonds is 6. The van der Waals surface area contributed by atoms with Crippen molar-refractivity contribution >= 4 is 45.3 Å². The van der Waals surface area contributed by atoms with Crippen molar-refractivity contribution in [3.8, 4) is 11.5 Å². The van der Waals surface area contributed by atoms with Crippen molar-refractivity contribution in [1.82, 2.24) is 34.1 Å². The van der Waals surface area contributed by atoms with Crippen LogP contribution in [-0.4, -0.2) is 58.4 Å². The Morgan fingerprint density at radius 2 is 1.81 bits per heavy atom. The lowest BCUT2D eigenvalue weighted by Crippen LogP contribution is -2.57. The van der Waals surface area contributed by atoms with Crippen LogP contribution in [0, 0.1) is 15.4 Å². The molecule has 2 saturated heterocycles. The lowest BCUT2D eigenvalue weighted by Gasteiger charge is -2.51. The van der Waals surface area contributed by atoms with Gasteiger partial charge in [0.15, 0.2) is 11.5 Å². The van der Waals surface area contributed by atoms with Crippen molar-refractivity contribution < 1.29 is 9.84 Å². The number of benzene rings is 1. The molecule has 11 heteroatoms. The van der Waals surface area contributed by atoms with Crippen LogP contribution in [0.4, 0.5) is 11.5 Å². The molecule has 2 bridgehead atoms. The van der Waals surface area contributed by atoms with Crippen LogP contribution in [0.2, 0.25) is 0 Å². The van der Waals surface area contributed by atoms with Crippen LogP contribution in [0.1, 0.15) is 12.0 Å². The smallest absolute Gasteiger partial charge is 0.158 e. The molecule has 3 fully saturated rings. The van der Waals surface area contributed by atoms with Crippen LogP contribution in [-0.2, 0) is 6.54 Å². The molecule has 2 N–H and O–H groups in total. The minimum atomic E-state index is -0.118. The normalized spacial score (nSPS) is 21.6. The molecule has 0 spiro atoms. The molecule has 3 atom stereocenters. The van der Waals surface area contributed by atoms with Gasteiger partial charge in [0.1, 0.15) is 29.7 Å². The van der Waals surface area contributed by atoms with E-state index < -0.39 is 0 Å². The van der Waals surface area contributed by atoms with Crippen LogP contribution in [0.15, 0.2) is 61.4 Å². The van der Waals surface area contributed by atoms with Crippen molar-refractivity contribution in [3.63, 3.8) is 0 Å². The quantitative estimate of drug-likeness (QED) is 0.287. The van der Waals surface area contributed by atoms with Gasteiger partial charge in [-0.25, -0.2) is 19.0 Å². The molecule has 3 aliphatic rings. The second-order valence-electron chi connectivity index (χ2n) is 9.48. The van der Waals surface area contributed by atoms with Crippen molar-refractivity contribution in [3.05, 3.63) is 70.6 Å². The first-order valence-electron chi connectivity index (χ1n) is 11.9. The van der Waals surface area contributed by atoms with E-state index in [9.17, 15) is 5.11 Å². The van der Waals surface area contributed by atoms with E-state index in [0.29, 0.717) is 17.6 Å². The monoisotopic (exact) mass is 594 g/mol. The van der Waals surface area contributed by atoms with E-state index in [1.54, 1.807) is 10.8 Å². The van der Waals surface area contributed by atoms with E-state index in [2.05, 4.69) is 59.0 Å². The number of aliphatic hydroxyl groups excluding tert-OH is 1. The number of piperidine rings is 2. The fourth-order valence-corrected chi connectivity index (χ4v) is 5.98. The summed E-state index contributed by atoms with van der Waals surface area (Å²) in [5, 5.41) is 22.1. The molecule has 4 aromatic heterocycles. The van der Waals surface area contributed by atoms with Crippen LogP contribution in [0.5, 0.6) is 11.5 Å². The summed E-state index contributed by atoms with van der Waals surface area (Å²) < 4.78 is 10.6. The van der Waals surface area contributed by atoms with Crippen molar-refractivity contribution in [1.29, 1.82) is 0 Å². The molecule has 0 radical (unpaired) electrons. The topological polar surface area (TPSA) is 105 Å². The summed E-state index contributed by atoms with van der Waals surface area (Å²) in [5.74, 6) is 3.04. The van der Waals surface area contributed by atoms with Gasteiger partial charge in [-0.1, -0.05) is 0 Å². The van der Waals surface area contributed by atoms with Crippen molar-refractivity contribution in [2.75, 3.05) is 18.4 Å². The minimum Gasteiger partial charge on any atom is -0.456 e. The first-order valence-corrected chi connectivity index (χ1v) is 12.9. The van der Waals surface area contributed by atoms with E-state index in [1.165, 1.54) is 11.9 Å². The zero-order chi connectivity index (χ0) is 24.2. The third-order valence-electron chi connectivity index (χ3n) is 7.16. The summed E-state index contributed by atoms with van der Waals surface area (Å²) in [5.41, 5.74) is 3.78. The summed E-state index contributed by atoms with van der Waals surface area (Å²) in [6.45, 7) is 2.70. The Morgan fingerprint density at radius 3 is 2.64 bits per heavy atom. The second-order valence-corrected chi connectivity index (χ2v) is 10.6. The highest BCUT2D eigenvalue weighted by Gasteiger charge is 2.45. The predicted molar refractivity (Wildman–Crippen MR) is 141 cm³/mol. The number of aromatic nitrogens is 6. The zero-order valence-electron chi connectivity index (χ0n) is 19.2. The van der Waals surface area contributed by atoms with Gasteiger partial charge in [-0.3, -0.25) is 4.90 Å². The fourth-order valence-electron chi connectivity index (χ4n) is 5.35. The van der Waals surface area contributed by atoms with Crippen LogP contribution < -0.4 is 10.1 Å². The molecule has 5 aromatic rings. The largest absolute Gasteiger partial charge is 0.456 e. The Bertz CT molecular complexity index is 1570. The fraction of sp³-hybridized carbons (Fsp3) is 0.280. The maximum absolute atomic E-state index is 10.1. The Balaban J connectivity index is 1.11. The molecule has 1 saturated carbocycles. The van der Waals surface area contributed by atoms with E-state index in [1.807, 2.05) is 47.2 Å². The Hall–Kier alpha value is -3.29. The minimum absolute atomic E-state index is 0.118. The van der Waals surface area contributed by atoms with Crippen LogP contribution in [0.3, 0.4) is 0 Å². The highest BCUT2D eigenvalue weighted by Crippen LogP contribution is 2.40. The molecule has 36 heavy (non-hydrogen) atoms. The first-order chi connectivity index (χ1) is 17.6. The van der Waals surface area contributed by atoms with E-state index >= 15 is 0 Å². The standard InChI is InChI=1S/C25H23IN8O2/c26-20-8-18(1-2-21(20)36-19-4-6-33-22(9-19)27-13-29-33)31-25-23-15(3-5-34(23)30-14-28-25)10-32-11-16-7-17(12-32)24(16)35/h1-6,8-9,13-14,16-17,24,35H,7,10-12H2,(H,28,30,31)/t16-,17+,24+. The van der Waals surface area contributed by atoms with Crippen molar-refractivity contribution in [2.24, 2.45) is 11.8 Å². The number of ether oxygens (including phenoxy) is 1. The maximum Gasteiger partial charge on any atom is 0.158 e. The third kappa shape index (κ3) is 3.87. The number of aliphatic hydroxyl groups is 1. The summed E-state index contributed by atoms with van der Waals surface area (Å²) in [6, 6.07) is 11.8. The Labute approximate surface area is 220 Å². The average molecular weight is 594 g/mol. The number of anilines is 2. The molecule has 2 aliphatic heterocycles. The molecule has 6 heterocycles. The molecular weight excluding hydrogens is 571 g/mol. The Kier molecular flexibility index (Phi) is 5.29. The number of halogens is 1. The molecule has 0 unspecified atom stereocenters. The zero-order valence-corrected chi connectivity index (χ0v) is 21.4. The number of pyridine rings is 1. The average Bonchev–Trinajstić information content (AvgIpc) is 3.53. The van der Waals surface area contributed by atoms with Gasteiger partial charge in [0.25, 0.3) is 0 Å². The van der Waals surface area contributed by atoms with Gasteiger partial charge in [0, 0.05) is 43.8 Å². The number of nitrogens with zero attached hydrogens (tertiary/aromatic N) is 7. The maximum atomic E-state index is 10.1. The van der Waals surface area contributed by atoms with Crippen molar-refractivity contribution in [2.45, 2.75) is 19.1 Å². The molecule has 1 aliphatic carbocycles. The highest BCUT2D eigenvalue weighted by atomic mass is 127. The molecule has 8 rings (SSSR count). The summed E-state index contributed by atoms with van der Waals surface area (Å²) in [6.07, 6.45) is 7.91. The second kappa shape index (κ2) is 8.68. The third-order valence-corrected chi connectivity index (χ3v) is 8.01. The lowest BCUT2D eigenvalue weighted by atomic mass is 9.68. The van der Waals surface area contributed by atoms with Gasteiger partial charge >= 0.3 is 0 Å². The lowest BCUT2D eigenvalue weighted by molar-refractivity contribution is -0.109. The molecule has 10 nitrogen and oxygen atoms in total. The molecule has 1 aromatic carbocycles. The van der Waals surface area contributed by atoms with Gasteiger partial charge in [0.05, 0.1) is 9.67 Å². The van der Waals surface area contributed by atoms with Crippen LogP contribution in [0.25, 0.3) is 11.2 Å².